The van der Waals surface area contributed by atoms with Crippen LogP contribution in [0.1, 0.15) is 85.5 Å². The lowest BCUT2D eigenvalue weighted by atomic mass is 9.50. The van der Waals surface area contributed by atoms with Crippen LogP contribution >= 0.6 is 31.9 Å². The van der Waals surface area contributed by atoms with E-state index in [4.69, 9.17) is 9.31 Å². The first-order valence-electron chi connectivity index (χ1n) is 22.7. The number of carbonyl (C=O) groups excluding carboxylic acids is 1. The van der Waals surface area contributed by atoms with Crippen molar-refractivity contribution in [2.45, 2.75) is 120 Å². The van der Waals surface area contributed by atoms with Crippen molar-refractivity contribution in [3.63, 3.8) is 0 Å². The van der Waals surface area contributed by atoms with E-state index in [2.05, 4.69) is 112 Å². The molecule has 5 aromatic heterocycles. The minimum atomic E-state index is -0.451. The largest absolute Gasteiger partial charge is 0.496 e. The molecule has 346 valence electrons. The Balaban J connectivity index is 0.000000118. The molecule has 9 saturated carbocycles. The standard InChI is InChI=1S/C17H19N5O2.C16H23BN2O2.C10H11BrN2.C5H3BrFN/c1-18-15(23)10-22-16(24)5-3-13(21-22)12-2-4-14(19-9-12)20-17-6-11(7-17)8-17;1-14(2)15(3,4)21-17(20-14)12-5-6-13(18-10-12)19-16-7-11(8-16)9-16;11-8-1-2-9(12-6-8)13-10-3-7(4-10)5-10;6-4-1-2-5(7)8-3-4/h2-5,9,11H,6-8,10H2,1H3,(H,18,23)(H,19,20);5-6,10-11H,7-9H2,1-4H3,(H,18,19);1-2,6-7H,3-5H2,(H,12,13);1-3H. The first-order chi connectivity index (χ1) is 31.4. The Labute approximate surface area is 401 Å². The van der Waals surface area contributed by atoms with Crippen LogP contribution in [0.15, 0.2) is 99.2 Å². The molecule has 4 N–H and O–H groups in total. The minimum Gasteiger partial charge on any atom is -0.399 e. The predicted octanol–water partition coefficient (Wildman–Crippen LogP) is 8.15. The quantitative estimate of drug-likeness (QED) is 0.0784. The molecule has 14 nitrogen and oxygen atoms in total. The van der Waals surface area contributed by atoms with Crippen LogP contribution in [0.4, 0.5) is 21.8 Å². The van der Waals surface area contributed by atoms with Crippen LogP contribution in [0, 0.1) is 23.7 Å². The number of nitrogens with one attached hydrogen (secondary N) is 4. The number of aromatic nitrogens is 6. The zero-order chi connectivity index (χ0) is 46.5. The van der Waals surface area contributed by atoms with E-state index in [-0.39, 0.29) is 41.9 Å². The van der Waals surface area contributed by atoms with Crippen molar-refractivity contribution in [3.8, 4) is 11.3 Å². The lowest BCUT2D eigenvalue weighted by Crippen LogP contribution is -2.63. The zero-order valence-electron chi connectivity index (χ0n) is 37.9. The van der Waals surface area contributed by atoms with Crippen molar-refractivity contribution < 1.29 is 18.5 Å². The van der Waals surface area contributed by atoms with Gasteiger partial charge in [-0.2, -0.15) is 9.49 Å². The number of likely N-dealkylation sites (N-methyl/N-ethyl adjacent to an activating group) is 1. The van der Waals surface area contributed by atoms with E-state index in [1.807, 2.05) is 42.7 Å². The minimum absolute atomic E-state index is 0.0973. The molecule has 0 aromatic carbocycles. The normalized spacial score (nSPS) is 27.8. The third-order valence-corrected chi connectivity index (χ3v) is 15.5. The van der Waals surface area contributed by atoms with E-state index in [0.29, 0.717) is 16.8 Å². The maximum atomic E-state index is 12.0. The van der Waals surface area contributed by atoms with Gasteiger partial charge < -0.3 is 30.6 Å². The number of hydrogen-bond donors (Lipinski definition) is 4. The second-order valence-corrected chi connectivity index (χ2v) is 22.0. The van der Waals surface area contributed by atoms with Crippen LogP contribution in [0.5, 0.6) is 0 Å². The molecule has 9 aliphatic carbocycles. The molecule has 6 bridgehead atoms. The van der Waals surface area contributed by atoms with Crippen LogP contribution in [0.25, 0.3) is 11.3 Å². The molecule has 5 aromatic rings. The van der Waals surface area contributed by atoms with Crippen molar-refractivity contribution in [3.05, 3.63) is 111 Å². The Bertz CT molecular complexity index is 2520. The van der Waals surface area contributed by atoms with Crippen molar-refractivity contribution in [2.75, 3.05) is 23.0 Å². The maximum absolute atomic E-state index is 12.0. The average Bonchev–Trinajstić information content (AvgIpc) is 3.44. The van der Waals surface area contributed by atoms with Gasteiger partial charge in [-0.15, -0.1) is 0 Å². The van der Waals surface area contributed by atoms with Crippen LogP contribution < -0.4 is 32.3 Å². The van der Waals surface area contributed by atoms with E-state index in [9.17, 15) is 14.0 Å². The molecule has 0 atom stereocenters. The average molecular weight is 1030 g/mol. The number of amides is 1. The maximum Gasteiger partial charge on any atom is 0.496 e. The molecule has 10 fully saturated rings. The van der Waals surface area contributed by atoms with Gasteiger partial charge in [0.25, 0.3) is 5.56 Å². The van der Waals surface area contributed by atoms with E-state index in [1.165, 1.54) is 83.2 Å². The molecular formula is C48H56BBr2FN10O4. The van der Waals surface area contributed by atoms with Crippen molar-refractivity contribution >= 4 is 67.8 Å². The first-order valence-corrected chi connectivity index (χ1v) is 24.3. The fraction of sp³-hybridized carbons (Fsp3) is 0.479. The number of carbonyl (C=O) groups is 1. The summed E-state index contributed by atoms with van der Waals surface area (Å²) in [5, 5.41) is 17.3. The summed E-state index contributed by atoms with van der Waals surface area (Å²) >= 11 is 6.49. The monoisotopic (exact) mass is 1020 g/mol. The Morgan fingerprint density at radius 3 is 1.52 bits per heavy atom. The molecule has 6 heterocycles. The molecule has 15 rings (SSSR count). The molecule has 18 heteroatoms. The van der Waals surface area contributed by atoms with Gasteiger partial charge in [-0.1, -0.05) is 6.07 Å². The zero-order valence-corrected chi connectivity index (χ0v) is 41.1. The molecule has 1 aliphatic heterocycles. The highest BCUT2D eigenvalue weighted by atomic mass is 79.9. The van der Waals surface area contributed by atoms with Gasteiger partial charge in [-0.05, 0) is 184 Å². The fourth-order valence-electron chi connectivity index (χ4n) is 9.67. The lowest BCUT2D eigenvalue weighted by molar-refractivity contribution is -0.121. The summed E-state index contributed by atoms with van der Waals surface area (Å²) in [6.45, 7) is 8.18. The van der Waals surface area contributed by atoms with Crippen LogP contribution in [-0.4, -0.2) is 77.6 Å². The summed E-state index contributed by atoms with van der Waals surface area (Å²) in [6, 6.07) is 18.0. The Kier molecular flexibility index (Phi) is 12.7. The number of anilines is 3. The second kappa shape index (κ2) is 18.0. The number of hydrogen-bond acceptors (Lipinski definition) is 12. The van der Waals surface area contributed by atoms with Gasteiger partial charge >= 0.3 is 7.12 Å². The van der Waals surface area contributed by atoms with E-state index in [1.54, 1.807) is 18.3 Å². The van der Waals surface area contributed by atoms with Crippen LogP contribution in [0.2, 0.25) is 0 Å². The topological polar surface area (TPSA) is 170 Å². The Morgan fingerprint density at radius 2 is 1.14 bits per heavy atom. The lowest BCUT2D eigenvalue weighted by Gasteiger charge is -2.62. The van der Waals surface area contributed by atoms with Crippen molar-refractivity contribution in [2.24, 2.45) is 17.8 Å². The van der Waals surface area contributed by atoms with Crippen molar-refractivity contribution in [1.29, 1.82) is 0 Å². The van der Waals surface area contributed by atoms with Gasteiger partial charge in [0.05, 0.1) is 16.9 Å². The molecule has 0 unspecified atom stereocenters. The molecule has 1 saturated heterocycles. The Hall–Kier alpha value is -4.78. The summed E-state index contributed by atoms with van der Waals surface area (Å²) in [4.78, 5) is 39.9. The second-order valence-electron chi connectivity index (χ2n) is 20.2. The van der Waals surface area contributed by atoms with Gasteiger partial charge in [-0.3, -0.25) is 9.59 Å². The SMILES string of the molecule is Brc1ccc(NC23CC(C2)C3)nc1.CC1(C)OB(c2ccc(NC34CC(C3)C4)nc2)OC1(C)C.CNC(=O)Cn1nc(-c2ccc(NC34CC(C3)C4)nc2)ccc1=O.Fc1ccc(Br)cn1. The number of halogens is 3. The van der Waals surface area contributed by atoms with Gasteiger partial charge in [-0.25, -0.2) is 24.6 Å². The summed E-state index contributed by atoms with van der Waals surface area (Å²) in [7, 11) is 1.20. The highest BCUT2D eigenvalue weighted by Gasteiger charge is 2.58. The molecule has 0 spiro atoms. The summed E-state index contributed by atoms with van der Waals surface area (Å²) < 4.78 is 27.0. The number of nitrogens with zero attached hydrogens (tertiary/aromatic N) is 6. The van der Waals surface area contributed by atoms with E-state index < -0.39 is 5.95 Å². The first kappa shape index (κ1) is 46.3. The smallest absolute Gasteiger partial charge is 0.399 e. The fourth-order valence-corrected chi connectivity index (χ4v) is 10.1. The molecule has 66 heavy (non-hydrogen) atoms. The molecule has 1 amide bonds. The van der Waals surface area contributed by atoms with Gasteiger partial charge in [0.1, 0.15) is 24.0 Å². The van der Waals surface area contributed by atoms with Crippen molar-refractivity contribution in [1.82, 2.24) is 35.0 Å². The van der Waals surface area contributed by atoms with Gasteiger partial charge in [0.15, 0.2) is 0 Å². The van der Waals surface area contributed by atoms with Gasteiger partial charge in [0.2, 0.25) is 11.9 Å². The highest BCUT2D eigenvalue weighted by Crippen LogP contribution is 2.60. The number of rotatable bonds is 10. The van der Waals surface area contributed by atoms with Crippen LogP contribution in [-0.2, 0) is 20.6 Å². The molecular weight excluding hydrogens is 970 g/mol. The van der Waals surface area contributed by atoms with Gasteiger partial charge in [0, 0.05) is 74.5 Å². The third-order valence-electron chi connectivity index (χ3n) is 14.5. The predicted molar refractivity (Wildman–Crippen MR) is 261 cm³/mol. The third kappa shape index (κ3) is 10.1. The number of pyridine rings is 4. The van der Waals surface area contributed by atoms with Crippen LogP contribution in [0.3, 0.4) is 0 Å². The molecule has 10 aliphatic rings. The summed E-state index contributed by atoms with van der Waals surface area (Å²) in [5.41, 5.74) is 2.58. The molecule has 0 radical (unpaired) electrons. The summed E-state index contributed by atoms with van der Waals surface area (Å²) in [5.74, 6) is 5.04. The van der Waals surface area contributed by atoms with E-state index in [0.717, 1.165) is 59.9 Å². The summed E-state index contributed by atoms with van der Waals surface area (Å²) in [6.07, 6.45) is 18.6. The Morgan fingerprint density at radius 1 is 0.667 bits per heavy atom. The highest BCUT2D eigenvalue weighted by molar-refractivity contribution is 9.10. The van der Waals surface area contributed by atoms with E-state index >= 15 is 0 Å².